The molecule has 1 aromatic carbocycles. The number of nitrogens with two attached hydrogens (primary N) is 1. The molecule has 0 amide bonds. The Morgan fingerprint density at radius 1 is 1.37 bits per heavy atom. The van der Waals surface area contributed by atoms with Gasteiger partial charge >= 0.3 is 5.69 Å². The fourth-order valence-corrected chi connectivity index (χ4v) is 2.46. The predicted molar refractivity (Wildman–Crippen MR) is 71.6 cm³/mol. The average Bonchev–Trinajstić information content (AvgIpc) is 2.36. The van der Waals surface area contributed by atoms with Crippen LogP contribution in [0.15, 0.2) is 16.6 Å². The summed E-state index contributed by atoms with van der Waals surface area (Å²) in [5, 5.41) is 10.9. The minimum Gasteiger partial charge on any atom is -0.483 e. The van der Waals surface area contributed by atoms with Gasteiger partial charge in [-0.1, -0.05) is 0 Å². The maximum absolute atomic E-state index is 13.3. The SMILES string of the molecule is NC1CCC(Oc2cc(Br)c(F)cc2[N+](=O)[O-])CC1. The largest absolute Gasteiger partial charge is 0.483 e. The number of nitro benzene ring substituents is 1. The molecule has 1 fully saturated rings. The van der Waals surface area contributed by atoms with Gasteiger partial charge < -0.3 is 10.5 Å². The van der Waals surface area contributed by atoms with Crippen molar-refractivity contribution in [3.8, 4) is 5.75 Å². The average molecular weight is 333 g/mol. The lowest BCUT2D eigenvalue weighted by atomic mass is 9.94. The molecule has 1 aliphatic rings. The van der Waals surface area contributed by atoms with Crippen molar-refractivity contribution in [1.29, 1.82) is 0 Å². The number of ether oxygens (including phenoxy) is 1. The summed E-state index contributed by atoms with van der Waals surface area (Å²) in [6.45, 7) is 0. The maximum atomic E-state index is 13.3. The van der Waals surface area contributed by atoms with Gasteiger partial charge in [0.05, 0.1) is 21.6 Å². The van der Waals surface area contributed by atoms with Crippen molar-refractivity contribution in [2.24, 2.45) is 5.73 Å². The van der Waals surface area contributed by atoms with E-state index in [1.54, 1.807) is 0 Å². The van der Waals surface area contributed by atoms with E-state index in [2.05, 4.69) is 15.9 Å². The Morgan fingerprint density at radius 3 is 2.58 bits per heavy atom. The fraction of sp³-hybridized carbons (Fsp3) is 0.500. The molecule has 2 rings (SSSR count). The lowest BCUT2D eigenvalue weighted by molar-refractivity contribution is -0.386. The lowest BCUT2D eigenvalue weighted by Crippen LogP contribution is -2.31. The summed E-state index contributed by atoms with van der Waals surface area (Å²) in [6.07, 6.45) is 3.08. The van der Waals surface area contributed by atoms with Crippen LogP contribution in [0, 0.1) is 15.9 Å². The van der Waals surface area contributed by atoms with E-state index in [0.717, 1.165) is 31.7 Å². The van der Waals surface area contributed by atoms with Gasteiger partial charge in [0, 0.05) is 12.1 Å². The summed E-state index contributed by atoms with van der Waals surface area (Å²) in [5.41, 5.74) is 5.44. The van der Waals surface area contributed by atoms with E-state index in [9.17, 15) is 14.5 Å². The number of nitro groups is 1. The maximum Gasteiger partial charge on any atom is 0.313 e. The van der Waals surface area contributed by atoms with E-state index in [4.69, 9.17) is 10.5 Å². The first-order chi connectivity index (χ1) is 8.97. The number of benzene rings is 1. The van der Waals surface area contributed by atoms with Gasteiger partial charge in [-0.2, -0.15) is 0 Å². The molecule has 0 spiro atoms. The van der Waals surface area contributed by atoms with Crippen molar-refractivity contribution in [1.82, 2.24) is 0 Å². The van der Waals surface area contributed by atoms with E-state index in [-0.39, 0.29) is 28.1 Å². The van der Waals surface area contributed by atoms with E-state index in [0.29, 0.717) is 0 Å². The summed E-state index contributed by atoms with van der Waals surface area (Å²) in [6, 6.07) is 2.35. The Morgan fingerprint density at radius 2 is 2.00 bits per heavy atom. The third-order valence-electron chi connectivity index (χ3n) is 3.21. The number of halogens is 2. The van der Waals surface area contributed by atoms with Gasteiger partial charge in [0.2, 0.25) is 0 Å². The molecule has 0 atom stereocenters. The summed E-state index contributed by atoms with van der Waals surface area (Å²) >= 11 is 3.01. The standard InChI is InChI=1S/C12H14BrFN2O3/c13-9-5-12(11(16(17)18)6-10(9)14)19-8-3-1-7(15)2-4-8/h5-8H,1-4,15H2. The van der Waals surface area contributed by atoms with Gasteiger partial charge in [-0.25, -0.2) is 4.39 Å². The Hall–Kier alpha value is -1.21. The number of hydrogen-bond donors (Lipinski definition) is 1. The van der Waals surface area contributed by atoms with Gasteiger partial charge in [0.25, 0.3) is 0 Å². The highest BCUT2D eigenvalue weighted by molar-refractivity contribution is 9.10. The molecule has 1 saturated carbocycles. The number of nitrogens with zero attached hydrogens (tertiary/aromatic N) is 1. The van der Waals surface area contributed by atoms with Crippen molar-refractivity contribution in [2.75, 3.05) is 0 Å². The van der Waals surface area contributed by atoms with E-state index < -0.39 is 10.7 Å². The van der Waals surface area contributed by atoms with Gasteiger partial charge in [-0.05, 0) is 41.6 Å². The molecule has 7 heteroatoms. The monoisotopic (exact) mass is 332 g/mol. The zero-order valence-corrected chi connectivity index (χ0v) is 11.7. The molecule has 19 heavy (non-hydrogen) atoms. The van der Waals surface area contributed by atoms with Crippen molar-refractivity contribution in [3.63, 3.8) is 0 Å². The van der Waals surface area contributed by atoms with Crippen LogP contribution in [0.25, 0.3) is 0 Å². The molecule has 1 aliphatic carbocycles. The highest BCUT2D eigenvalue weighted by Gasteiger charge is 2.25. The van der Waals surface area contributed by atoms with Crippen molar-refractivity contribution < 1.29 is 14.1 Å². The first-order valence-electron chi connectivity index (χ1n) is 6.03. The highest BCUT2D eigenvalue weighted by atomic mass is 79.9. The normalized spacial score (nSPS) is 23.1. The van der Waals surface area contributed by atoms with Gasteiger partial charge in [-0.3, -0.25) is 10.1 Å². The molecule has 1 aromatic rings. The van der Waals surface area contributed by atoms with E-state index >= 15 is 0 Å². The summed E-state index contributed by atoms with van der Waals surface area (Å²) < 4.78 is 19.1. The van der Waals surface area contributed by atoms with Crippen LogP contribution in [0.1, 0.15) is 25.7 Å². The zero-order chi connectivity index (χ0) is 14.0. The molecular formula is C12H14BrFN2O3. The van der Waals surface area contributed by atoms with E-state index in [1.165, 1.54) is 6.07 Å². The van der Waals surface area contributed by atoms with Gasteiger partial charge in [0.15, 0.2) is 5.75 Å². The molecule has 0 radical (unpaired) electrons. The molecule has 0 unspecified atom stereocenters. The van der Waals surface area contributed by atoms with Crippen LogP contribution >= 0.6 is 15.9 Å². The quantitative estimate of drug-likeness (QED) is 0.681. The molecule has 0 aromatic heterocycles. The third-order valence-corrected chi connectivity index (χ3v) is 3.82. The van der Waals surface area contributed by atoms with Crippen molar-refractivity contribution >= 4 is 21.6 Å². The first-order valence-corrected chi connectivity index (χ1v) is 6.82. The molecule has 0 aliphatic heterocycles. The zero-order valence-electron chi connectivity index (χ0n) is 10.1. The van der Waals surface area contributed by atoms with Crippen molar-refractivity contribution in [2.45, 2.75) is 37.8 Å². The third kappa shape index (κ3) is 3.42. The van der Waals surface area contributed by atoms with Crippen LogP contribution in [-0.2, 0) is 0 Å². The number of hydrogen-bond acceptors (Lipinski definition) is 4. The molecule has 104 valence electrons. The van der Waals surface area contributed by atoms with Crippen LogP contribution in [0.5, 0.6) is 5.75 Å². The van der Waals surface area contributed by atoms with Crippen LogP contribution in [-0.4, -0.2) is 17.1 Å². The smallest absolute Gasteiger partial charge is 0.313 e. The van der Waals surface area contributed by atoms with E-state index in [1.807, 2.05) is 0 Å². The van der Waals surface area contributed by atoms with Gasteiger partial charge in [0.1, 0.15) is 5.82 Å². The van der Waals surface area contributed by atoms with Gasteiger partial charge in [-0.15, -0.1) is 0 Å². The Balaban J connectivity index is 2.19. The molecule has 5 nitrogen and oxygen atoms in total. The van der Waals surface area contributed by atoms with Crippen LogP contribution in [0.2, 0.25) is 0 Å². The Bertz CT molecular complexity index is 490. The van der Waals surface area contributed by atoms with Crippen LogP contribution in [0.3, 0.4) is 0 Å². The summed E-state index contributed by atoms with van der Waals surface area (Å²) in [5.74, 6) is -0.580. The lowest BCUT2D eigenvalue weighted by Gasteiger charge is -2.26. The minimum absolute atomic E-state index is 0.0961. The van der Waals surface area contributed by atoms with Crippen LogP contribution in [0.4, 0.5) is 10.1 Å². The molecule has 0 bridgehead atoms. The highest BCUT2D eigenvalue weighted by Crippen LogP contribution is 2.34. The number of rotatable bonds is 3. The topological polar surface area (TPSA) is 78.4 Å². The first kappa shape index (κ1) is 14.2. The Labute approximate surface area is 118 Å². The van der Waals surface area contributed by atoms with Crippen molar-refractivity contribution in [3.05, 3.63) is 32.5 Å². The molecular weight excluding hydrogens is 319 g/mol. The fourth-order valence-electron chi connectivity index (χ4n) is 2.14. The summed E-state index contributed by atoms with van der Waals surface area (Å²) in [7, 11) is 0. The second-order valence-electron chi connectivity index (χ2n) is 4.65. The minimum atomic E-state index is -0.676. The molecule has 0 heterocycles. The molecule has 0 saturated heterocycles. The predicted octanol–water partition coefficient (Wildman–Crippen LogP) is 3.15. The van der Waals surface area contributed by atoms with Crippen LogP contribution < -0.4 is 10.5 Å². The second-order valence-corrected chi connectivity index (χ2v) is 5.50. The second kappa shape index (κ2) is 5.83. The summed E-state index contributed by atoms with van der Waals surface area (Å²) in [4.78, 5) is 10.3. The molecule has 2 N–H and O–H groups in total. The Kier molecular flexibility index (Phi) is 4.36.